The van der Waals surface area contributed by atoms with Crippen molar-refractivity contribution in [2.24, 2.45) is 0 Å². The van der Waals surface area contributed by atoms with Crippen molar-refractivity contribution in [3.63, 3.8) is 0 Å². The smallest absolute Gasteiger partial charge is 0.0230 e. The summed E-state index contributed by atoms with van der Waals surface area (Å²) in [6.45, 7) is 9.11. The highest BCUT2D eigenvalue weighted by molar-refractivity contribution is 4.78. The Kier molecular flexibility index (Phi) is 5.45. The molecule has 1 fully saturated rings. The zero-order valence-electron chi connectivity index (χ0n) is 9.84. The van der Waals surface area contributed by atoms with Gasteiger partial charge in [0.1, 0.15) is 0 Å². The maximum Gasteiger partial charge on any atom is 0.0230 e. The van der Waals surface area contributed by atoms with Gasteiger partial charge in [0.15, 0.2) is 0 Å². The minimum absolute atomic E-state index is 0.664. The molecule has 2 N–H and O–H groups in total. The number of hydrogen-bond acceptors (Lipinski definition) is 3. The van der Waals surface area contributed by atoms with Gasteiger partial charge in [-0.2, -0.15) is 0 Å². The third-order valence-corrected chi connectivity index (χ3v) is 3.23. The minimum Gasteiger partial charge on any atom is -0.314 e. The molecule has 0 aliphatic carbocycles. The van der Waals surface area contributed by atoms with Crippen LogP contribution >= 0.6 is 0 Å². The lowest BCUT2D eigenvalue weighted by atomic mass is 10.1. The predicted octanol–water partition coefficient (Wildman–Crippen LogP) is 0.668. The normalized spacial score (nSPS) is 26.4. The number of likely N-dealkylation sites (N-methyl/N-ethyl adjacent to an activating group) is 1. The molecule has 1 aliphatic heterocycles. The summed E-state index contributed by atoms with van der Waals surface area (Å²) in [6, 6.07) is 1.39. The summed E-state index contributed by atoms with van der Waals surface area (Å²) in [5, 5.41) is 6.99. The fourth-order valence-electron chi connectivity index (χ4n) is 1.83. The molecular formula is C11H25N3. The van der Waals surface area contributed by atoms with Gasteiger partial charge in [-0.1, -0.05) is 6.92 Å². The molecular weight excluding hydrogens is 174 g/mol. The first-order valence-corrected chi connectivity index (χ1v) is 5.88. The summed E-state index contributed by atoms with van der Waals surface area (Å²) in [4.78, 5) is 2.47. The van der Waals surface area contributed by atoms with E-state index in [1.807, 2.05) is 0 Å². The van der Waals surface area contributed by atoms with E-state index in [1.54, 1.807) is 0 Å². The third-order valence-electron chi connectivity index (χ3n) is 3.23. The molecule has 0 aromatic carbocycles. The zero-order valence-corrected chi connectivity index (χ0v) is 9.84. The zero-order chi connectivity index (χ0) is 10.4. The van der Waals surface area contributed by atoms with Crippen molar-refractivity contribution in [1.29, 1.82) is 0 Å². The van der Waals surface area contributed by atoms with Crippen molar-refractivity contribution >= 4 is 0 Å². The van der Waals surface area contributed by atoms with Gasteiger partial charge in [-0.15, -0.1) is 0 Å². The van der Waals surface area contributed by atoms with Gasteiger partial charge in [0, 0.05) is 31.7 Å². The Hall–Kier alpha value is -0.120. The summed E-state index contributed by atoms with van der Waals surface area (Å²) in [6.07, 6.45) is 2.48. The largest absolute Gasteiger partial charge is 0.314 e. The lowest BCUT2D eigenvalue weighted by molar-refractivity contribution is 0.188. The summed E-state index contributed by atoms with van der Waals surface area (Å²) < 4.78 is 0. The first-order valence-electron chi connectivity index (χ1n) is 5.88. The molecule has 1 rings (SSSR count). The van der Waals surface area contributed by atoms with Gasteiger partial charge in [0.05, 0.1) is 0 Å². The molecule has 1 saturated heterocycles. The maximum absolute atomic E-state index is 3.55. The van der Waals surface area contributed by atoms with Crippen LogP contribution in [-0.4, -0.2) is 50.2 Å². The molecule has 1 heterocycles. The van der Waals surface area contributed by atoms with Crippen molar-refractivity contribution < 1.29 is 0 Å². The molecule has 1 aliphatic rings. The van der Waals surface area contributed by atoms with Gasteiger partial charge in [-0.25, -0.2) is 0 Å². The number of piperazine rings is 1. The minimum atomic E-state index is 0.664. The van der Waals surface area contributed by atoms with Crippen LogP contribution in [0.1, 0.15) is 26.7 Å². The summed E-state index contributed by atoms with van der Waals surface area (Å²) in [7, 11) is 2.23. The Morgan fingerprint density at radius 2 is 2.36 bits per heavy atom. The van der Waals surface area contributed by atoms with Crippen LogP contribution in [0, 0.1) is 0 Å². The predicted molar refractivity (Wildman–Crippen MR) is 61.7 cm³/mol. The van der Waals surface area contributed by atoms with E-state index in [2.05, 4.69) is 36.4 Å². The summed E-state index contributed by atoms with van der Waals surface area (Å²) in [5.41, 5.74) is 0. The Morgan fingerprint density at radius 3 is 3.00 bits per heavy atom. The Labute approximate surface area is 88.2 Å². The molecule has 84 valence electrons. The van der Waals surface area contributed by atoms with E-state index in [0.717, 1.165) is 25.7 Å². The van der Waals surface area contributed by atoms with Crippen molar-refractivity contribution in [2.45, 2.75) is 38.8 Å². The van der Waals surface area contributed by atoms with Gasteiger partial charge in [-0.3, -0.25) is 0 Å². The van der Waals surface area contributed by atoms with E-state index in [1.165, 1.54) is 19.4 Å². The van der Waals surface area contributed by atoms with E-state index in [-0.39, 0.29) is 0 Å². The molecule has 2 atom stereocenters. The summed E-state index contributed by atoms with van der Waals surface area (Å²) >= 11 is 0. The molecule has 0 bridgehead atoms. The van der Waals surface area contributed by atoms with Crippen LogP contribution in [0.25, 0.3) is 0 Å². The average molecular weight is 199 g/mol. The molecule has 0 saturated carbocycles. The standard InChI is InChI=1S/C11H25N3/c1-4-10(2)13-6-5-11-9-12-7-8-14(11)3/h10-13H,4-9H2,1-3H3. The highest BCUT2D eigenvalue weighted by Crippen LogP contribution is 2.03. The van der Waals surface area contributed by atoms with Gasteiger partial charge in [-0.05, 0) is 33.4 Å². The molecule has 0 amide bonds. The second kappa shape index (κ2) is 6.38. The van der Waals surface area contributed by atoms with Gasteiger partial charge < -0.3 is 15.5 Å². The molecule has 3 heteroatoms. The second-order valence-electron chi connectivity index (χ2n) is 4.39. The lowest BCUT2D eigenvalue weighted by Crippen LogP contribution is -2.50. The van der Waals surface area contributed by atoms with E-state index in [0.29, 0.717) is 6.04 Å². The van der Waals surface area contributed by atoms with E-state index in [4.69, 9.17) is 0 Å². The first kappa shape index (κ1) is 12.0. The molecule has 0 aromatic rings. The maximum atomic E-state index is 3.55. The van der Waals surface area contributed by atoms with Crippen LogP contribution < -0.4 is 10.6 Å². The van der Waals surface area contributed by atoms with Crippen molar-refractivity contribution in [2.75, 3.05) is 33.2 Å². The summed E-state index contributed by atoms with van der Waals surface area (Å²) in [5.74, 6) is 0. The van der Waals surface area contributed by atoms with Gasteiger partial charge in [0.25, 0.3) is 0 Å². The molecule has 2 unspecified atom stereocenters. The highest BCUT2D eigenvalue weighted by atomic mass is 15.2. The second-order valence-corrected chi connectivity index (χ2v) is 4.39. The molecule has 14 heavy (non-hydrogen) atoms. The number of nitrogens with zero attached hydrogens (tertiary/aromatic N) is 1. The van der Waals surface area contributed by atoms with E-state index >= 15 is 0 Å². The van der Waals surface area contributed by atoms with Crippen LogP contribution in [0.15, 0.2) is 0 Å². The average Bonchev–Trinajstić information content (AvgIpc) is 2.20. The van der Waals surface area contributed by atoms with Gasteiger partial charge in [0.2, 0.25) is 0 Å². The monoisotopic (exact) mass is 199 g/mol. The highest BCUT2D eigenvalue weighted by Gasteiger charge is 2.17. The van der Waals surface area contributed by atoms with Crippen LogP contribution in [0.5, 0.6) is 0 Å². The molecule has 3 nitrogen and oxygen atoms in total. The third kappa shape index (κ3) is 3.95. The topological polar surface area (TPSA) is 27.3 Å². The van der Waals surface area contributed by atoms with E-state index in [9.17, 15) is 0 Å². The SMILES string of the molecule is CCC(C)NCCC1CNCCN1C. The molecule has 0 radical (unpaired) electrons. The number of rotatable bonds is 5. The fraction of sp³-hybridized carbons (Fsp3) is 1.00. The van der Waals surface area contributed by atoms with Gasteiger partial charge >= 0.3 is 0 Å². The number of nitrogens with one attached hydrogen (secondary N) is 2. The van der Waals surface area contributed by atoms with Crippen molar-refractivity contribution in [3.8, 4) is 0 Å². The Bertz CT molecular complexity index is 149. The number of hydrogen-bond donors (Lipinski definition) is 2. The van der Waals surface area contributed by atoms with E-state index < -0.39 is 0 Å². The lowest BCUT2D eigenvalue weighted by Gasteiger charge is -2.33. The quantitative estimate of drug-likeness (QED) is 0.681. The first-order chi connectivity index (χ1) is 6.74. The van der Waals surface area contributed by atoms with Crippen LogP contribution in [-0.2, 0) is 0 Å². The van der Waals surface area contributed by atoms with Crippen LogP contribution in [0.3, 0.4) is 0 Å². The fourth-order valence-corrected chi connectivity index (χ4v) is 1.83. The molecule has 0 aromatic heterocycles. The van der Waals surface area contributed by atoms with Crippen LogP contribution in [0.4, 0.5) is 0 Å². The Morgan fingerprint density at radius 1 is 1.57 bits per heavy atom. The Balaban J connectivity index is 2.10. The molecule has 0 spiro atoms. The van der Waals surface area contributed by atoms with Crippen molar-refractivity contribution in [3.05, 3.63) is 0 Å². The van der Waals surface area contributed by atoms with Crippen LogP contribution in [0.2, 0.25) is 0 Å². The van der Waals surface area contributed by atoms with Crippen molar-refractivity contribution in [1.82, 2.24) is 15.5 Å².